The highest BCUT2D eigenvalue weighted by atomic mass is 16.7. The molecule has 110 valence electrons. The molecule has 0 radical (unpaired) electrons. The predicted octanol–water partition coefficient (Wildman–Crippen LogP) is -0.492. The molecule has 1 saturated heterocycles. The van der Waals surface area contributed by atoms with Crippen molar-refractivity contribution < 1.29 is 29.9 Å². The summed E-state index contributed by atoms with van der Waals surface area (Å²) in [5.41, 5.74) is 0.908. The van der Waals surface area contributed by atoms with Crippen molar-refractivity contribution in [3.05, 3.63) is 36.4 Å². The molecule has 2 rings (SSSR count). The quantitative estimate of drug-likeness (QED) is 0.594. The Morgan fingerprint density at radius 1 is 1.10 bits per heavy atom. The summed E-state index contributed by atoms with van der Waals surface area (Å²) in [4.78, 5) is 0. The lowest BCUT2D eigenvalue weighted by Crippen LogP contribution is -2.60. The third-order valence-corrected chi connectivity index (χ3v) is 3.22. The van der Waals surface area contributed by atoms with E-state index in [0.29, 0.717) is 5.75 Å². The summed E-state index contributed by atoms with van der Waals surface area (Å²) in [7, 11) is 0. The Kier molecular flexibility index (Phi) is 4.74. The van der Waals surface area contributed by atoms with E-state index in [2.05, 4.69) is 6.58 Å². The fraction of sp³-hybridized carbons (Fsp3) is 0.429. The van der Waals surface area contributed by atoms with Gasteiger partial charge in [-0.05, 0) is 17.7 Å². The fourth-order valence-electron chi connectivity index (χ4n) is 1.98. The van der Waals surface area contributed by atoms with Crippen molar-refractivity contribution in [1.82, 2.24) is 0 Å². The zero-order chi connectivity index (χ0) is 14.7. The van der Waals surface area contributed by atoms with E-state index in [-0.39, 0.29) is 0 Å². The first-order chi connectivity index (χ1) is 9.56. The number of rotatable bonds is 4. The monoisotopic (exact) mass is 282 g/mol. The van der Waals surface area contributed by atoms with Crippen LogP contribution in [-0.4, -0.2) is 57.7 Å². The van der Waals surface area contributed by atoms with Crippen LogP contribution in [0.4, 0.5) is 0 Å². The van der Waals surface area contributed by atoms with Gasteiger partial charge in [0.2, 0.25) is 6.29 Å². The van der Waals surface area contributed by atoms with Crippen LogP contribution in [0.2, 0.25) is 0 Å². The standard InChI is InChI=1S/C14H18O6/c1-2-8-3-5-9(6-4-8)19-14-13(18)12(17)11(16)10(7-15)20-14/h2-6,10-18H,1,7H2/t10?,11-,12?,13-,14?/m1/s1. The first-order valence-corrected chi connectivity index (χ1v) is 6.26. The normalized spacial score (nSPS) is 33.7. The van der Waals surface area contributed by atoms with Gasteiger partial charge in [0.25, 0.3) is 0 Å². The largest absolute Gasteiger partial charge is 0.462 e. The van der Waals surface area contributed by atoms with Crippen LogP contribution >= 0.6 is 0 Å². The molecule has 4 N–H and O–H groups in total. The molecule has 3 unspecified atom stereocenters. The molecule has 0 spiro atoms. The number of benzene rings is 1. The Bertz CT molecular complexity index is 443. The van der Waals surface area contributed by atoms with Gasteiger partial charge in [-0.25, -0.2) is 0 Å². The van der Waals surface area contributed by atoms with E-state index in [0.717, 1.165) is 5.56 Å². The summed E-state index contributed by atoms with van der Waals surface area (Å²) in [5, 5.41) is 38.2. The van der Waals surface area contributed by atoms with Crippen LogP contribution < -0.4 is 4.74 Å². The SMILES string of the molecule is C=Cc1ccc(OC2OC(CO)[C@@H](O)C(O)[C@H]2O)cc1. The number of aliphatic hydroxyl groups is 4. The molecule has 6 nitrogen and oxygen atoms in total. The van der Waals surface area contributed by atoms with Crippen LogP contribution in [0.25, 0.3) is 6.08 Å². The summed E-state index contributed by atoms with van der Waals surface area (Å²) < 4.78 is 10.7. The van der Waals surface area contributed by atoms with Gasteiger partial charge in [0.05, 0.1) is 6.61 Å². The predicted molar refractivity (Wildman–Crippen MR) is 70.9 cm³/mol. The van der Waals surface area contributed by atoms with Gasteiger partial charge < -0.3 is 29.9 Å². The summed E-state index contributed by atoms with van der Waals surface area (Å²) >= 11 is 0. The summed E-state index contributed by atoms with van der Waals surface area (Å²) in [5.74, 6) is 0.430. The van der Waals surface area contributed by atoms with E-state index in [4.69, 9.17) is 14.6 Å². The third kappa shape index (κ3) is 3.00. The summed E-state index contributed by atoms with van der Waals surface area (Å²) in [6, 6.07) is 6.87. The minimum atomic E-state index is -1.45. The van der Waals surface area contributed by atoms with Crippen molar-refractivity contribution in [3.63, 3.8) is 0 Å². The van der Waals surface area contributed by atoms with Crippen LogP contribution in [0, 0.1) is 0 Å². The topological polar surface area (TPSA) is 99.4 Å². The molecule has 20 heavy (non-hydrogen) atoms. The molecule has 0 bridgehead atoms. The van der Waals surface area contributed by atoms with Crippen molar-refractivity contribution in [2.45, 2.75) is 30.7 Å². The maximum atomic E-state index is 9.83. The van der Waals surface area contributed by atoms with Gasteiger partial charge in [-0.1, -0.05) is 24.8 Å². The number of aliphatic hydroxyl groups excluding tert-OH is 4. The Labute approximate surface area is 116 Å². The smallest absolute Gasteiger partial charge is 0.229 e. The highest BCUT2D eigenvalue weighted by Gasteiger charge is 2.44. The maximum Gasteiger partial charge on any atom is 0.229 e. The van der Waals surface area contributed by atoms with Gasteiger partial charge in [0.15, 0.2) is 0 Å². The van der Waals surface area contributed by atoms with Gasteiger partial charge in [0, 0.05) is 0 Å². The molecule has 6 heteroatoms. The summed E-state index contributed by atoms with van der Waals surface area (Å²) in [6.45, 7) is 3.15. The van der Waals surface area contributed by atoms with E-state index >= 15 is 0 Å². The van der Waals surface area contributed by atoms with Crippen molar-refractivity contribution in [2.75, 3.05) is 6.61 Å². The Morgan fingerprint density at radius 2 is 1.75 bits per heavy atom. The van der Waals surface area contributed by atoms with E-state index in [1.54, 1.807) is 30.3 Å². The highest BCUT2D eigenvalue weighted by Crippen LogP contribution is 2.24. The zero-order valence-corrected chi connectivity index (χ0v) is 10.8. The molecule has 0 aliphatic carbocycles. The van der Waals surface area contributed by atoms with Crippen LogP contribution in [0.3, 0.4) is 0 Å². The lowest BCUT2D eigenvalue weighted by atomic mass is 9.99. The van der Waals surface area contributed by atoms with E-state index in [9.17, 15) is 15.3 Å². The minimum Gasteiger partial charge on any atom is -0.462 e. The fourth-order valence-corrected chi connectivity index (χ4v) is 1.98. The molecule has 1 aliphatic rings. The zero-order valence-electron chi connectivity index (χ0n) is 10.8. The van der Waals surface area contributed by atoms with E-state index < -0.39 is 37.3 Å². The van der Waals surface area contributed by atoms with Crippen molar-refractivity contribution in [1.29, 1.82) is 0 Å². The Morgan fingerprint density at radius 3 is 2.30 bits per heavy atom. The lowest BCUT2D eigenvalue weighted by molar-refractivity contribution is -0.277. The molecule has 0 saturated carbocycles. The van der Waals surface area contributed by atoms with Gasteiger partial charge in [-0.15, -0.1) is 0 Å². The van der Waals surface area contributed by atoms with Crippen molar-refractivity contribution in [2.24, 2.45) is 0 Å². The molecule has 5 atom stereocenters. The molecule has 0 aromatic heterocycles. The number of hydrogen-bond donors (Lipinski definition) is 4. The summed E-state index contributed by atoms with van der Waals surface area (Å²) in [6.07, 6.45) is -4.72. The van der Waals surface area contributed by atoms with Gasteiger partial charge in [-0.2, -0.15) is 0 Å². The van der Waals surface area contributed by atoms with E-state index in [1.165, 1.54) is 0 Å². The number of hydrogen-bond acceptors (Lipinski definition) is 6. The van der Waals surface area contributed by atoms with Crippen molar-refractivity contribution >= 4 is 6.08 Å². The molecule has 1 aliphatic heterocycles. The Balaban J connectivity index is 2.08. The van der Waals surface area contributed by atoms with Crippen LogP contribution in [0.5, 0.6) is 5.75 Å². The number of ether oxygens (including phenoxy) is 2. The average Bonchev–Trinajstić information content (AvgIpc) is 2.48. The second-order valence-corrected chi connectivity index (χ2v) is 4.59. The third-order valence-electron chi connectivity index (χ3n) is 3.22. The molecular weight excluding hydrogens is 264 g/mol. The molecular formula is C14H18O6. The maximum absolute atomic E-state index is 9.83. The second-order valence-electron chi connectivity index (χ2n) is 4.59. The molecule has 0 amide bonds. The van der Waals surface area contributed by atoms with Crippen LogP contribution in [0.1, 0.15) is 5.56 Å². The second kappa shape index (κ2) is 6.34. The Hall–Kier alpha value is -1.44. The van der Waals surface area contributed by atoms with Gasteiger partial charge in [-0.3, -0.25) is 0 Å². The van der Waals surface area contributed by atoms with Crippen LogP contribution in [-0.2, 0) is 4.74 Å². The first kappa shape index (κ1) is 15.0. The molecule has 1 fully saturated rings. The highest BCUT2D eigenvalue weighted by molar-refractivity contribution is 5.48. The minimum absolute atomic E-state index is 0.430. The average molecular weight is 282 g/mol. The first-order valence-electron chi connectivity index (χ1n) is 6.26. The molecule has 1 heterocycles. The molecule has 1 aromatic carbocycles. The molecule has 1 aromatic rings. The van der Waals surface area contributed by atoms with E-state index in [1.807, 2.05) is 0 Å². The lowest BCUT2D eigenvalue weighted by Gasteiger charge is -2.39. The van der Waals surface area contributed by atoms with Gasteiger partial charge >= 0.3 is 0 Å². The van der Waals surface area contributed by atoms with Crippen LogP contribution in [0.15, 0.2) is 30.8 Å². The van der Waals surface area contributed by atoms with Gasteiger partial charge in [0.1, 0.15) is 30.2 Å². The van der Waals surface area contributed by atoms with Crippen molar-refractivity contribution in [3.8, 4) is 5.75 Å².